The van der Waals surface area contributed by atoms with Gasteiger partial charge in [0.2, 0.25) is 15.9 Å². The van der Waals surface area contributed by atoms with Gasteiger partial charge in [0.25, 0.3) is 5.69 Å². The van der Waals surface area contributed by atoms with Gasteiger partial charge in [0.1, 0.15) is 6.04 Å². The Bertz CT molecular complexity index is 1050. The van der Waals surface area contributed by atoms with Gasteiger partial charge in [-0.05, 0) is 24.3 Å². The van der Waals surface area contributed by atoms with Gasteiger partial charge in [0, 0.05) is 23.7 Å². The number of para-hydroxylation sites is 1. The van der Waals surface area contributed by atoms with E-state index in [1.807, 2.05) is 0 Å². The van der Waals surface area contributed by atoms with Gasteiger partial charge in [-0.25, -0.2) is 8.42 Å². The Balaban J connectivity index is 1.65. The Morgan fingerprint density at radius 2 is 1.86 bits per heavy atom. The number of rotatable bonds is 7. The smallest absolute Gasteiger partial charge is 0.324 e. The fourth-order valence-corrected chi connectivity index (χ4v) is 4.01. The summed E-state index contributed by atoms with van der Waals surface area (Å²) in [5.74, 6) is -1.10. The van der Waals surface area contributed by atoms with Gasteiger partial charge in [-0.15, -0.1) is 0 Å². The number of benzene rings is 2. The van der Waals surface area contributed by atoms with E-state index >= 15 is 0 Å². The van der Waals surface area contributed by atoms with Crippen molar-refractivity contribution in [3.63, 3.8) is 0 Å². The monoisotopic (exact) mass is 419 g/mol. The van der Waals surface area contributed by atoms with Gasteiger partial charge in [-0.3, -0.25) is 19.7 Å². The van der Waals surface area contributed by atoms with Crippen molar-refractivity contribution in [1.82, 2.24) is 4.72 Å². The Labute approximate surface area is 166 Å². The molecule has 3 rings (SSSR count). The van der Waals surface area contributed by atoms with Crippen molar-refractivity contribution in [2.24, 2.45) is 0 Å². The van der Waals surface area contributed by atoms with E-state index in [2.05, 4.69) is 10.0 Å². The minimum atomic E-state index is -3.92. The molecule has 1 saturated heterocycles. The molecule has 0 aliphatic carbocycles. The number of carbonyl (C=O) groups is 2. The first-order chi connectivity index (χ1) is 13.8. The van der Waals surface area contributed by atoms with Crippen LogP contribution in [0.3, 0.4) is 0 Å². The zero-order chi connectivity index (χ0) is 21.0. The summed E-state index contributed by atoms with van der Waals surface area (Å²) in [6, 6.07) is 10.3. The van der Waals surface area contributed by atoms with Crippen LogP contribution in [0.5, 0.6) is 0 Å². The molecular weight excluding hydrogens is 402 g/mol. The first-order valence-corrected chi connectivity index (χ1v) is 10.1. The lowest BCUT2D eigenvalue weighted by Crippen LogP contribution is -2.37. The molecule has 0 aromatic heterocycles. The highest BCUT2D eigenvalue weighted by molar-refractivity contribution is 7.89. The van der Waals surface area contributed by atoms with Gasteiger partial charge < -0.3 is 10.1 Å². The van der Waals surface area contributed by atoms with E-state index in [0.717, 1.165) is 0 Å². The molecule has 1 aliphatic heterocycles. The van der Waals surface area contributed by atoms with Gasteiger partial charge in [-0.2, -0.15) is 4.72 Å². The maximum absolute atomic E-state index is 12.3. The summed E-state index contributed by atoms with van der Waals surface area (Å²) in [7, 11) is -3.92. The second-order valence-corrected chi connectivity index (χ2v) is 7.98. The molecule has 2 aromatic carbocycles. The molecule has 1 heterocycles. The number of nitro groups is 1. The number of esters is 1. The minimum Gasteiger partial charge on any atom is -0.464 e. The molecule has 1 aliphatic rings. The van der Waals surface area contributed by atoms with Gasteiger partial charge in [0.15, 0.2) is 0 Å². The number of hydrogen-bond donors (Lipinski definition) is 2. The lowest BCUT2D eigenvalue weighted by atomic mass is 10.1. The van der Waals surface area contributed by atoms with Crippen molar-refractivity contribution < 1.29 is 27.7 Å². The number of nitrogens with one attached hydrogen (secondary N) is 2. The largest absolute Gasteiger partial charge is 0.464 e. The summed E-state index contributed by atoms with van der Waals surface area (Å²) in [6.07, 6.45) is 0.0559. The molecule has 1 amide bonds. The van der Waals surface area contributed by atoms with Crippen molar-refractivity contribution in [1.29, 1.82) is 0 Å². The van der Waals surface area contributed by atoms with Crippen LogP contribution >= 0.6 is 0 Å². The number of hydrogen-bond acceptors (Lipinski definition) is 7. The third-order valence-corrected chi connectivity index (χ3v) is 5.71. The van der Waals surface area contributed by atoms with Gasteiger partial charge >= 0.3 is 5.97 Å². The number of nitro benzene ring substituents is 1. The Morgan fingerprint density at radius 3 is 2.48 bits per heavy atom. The average molecular weight is 419 g/mol. The molecule has 0 saturated carbocycles. The molecular formula is C18H17N3O7S. The summed E-state index contributed by atoms with van der Waals surface area (Å²) in [5, 5.41) is 13.6. The van der Waals surface area contributed by atoms with Crippen LogP contribution in [-0.4, -0.2) is 37.9 Å². The molecule has 0 bridgehead atoms. The number of nitrogens with zero attached hydrogens (tertiary/aromatic N) is 1. The standard InChI is InChI=1S/C18H17N3O7S/c22-17(11-12-3-1-2-4-16(12)21(24)25)19-13-5-7-14(8-6-13)29(26,27)20-15-9-10-28-18(15)23/h1-8,15,20H,9-11H2,(H,19,22). The molecule has 0 spiro atoms. The van der Waals surface area contributed by atoms with Crippen molar-refractivity contribution in [3.8, 4) is 0 Å². The van der Waals surface area contributed by atoms with Crippen molar-refractivity contribution in [3.05, 3.63) is 64.2 Å². The van der Waals surface area contributed by atoms with E-state index < -0.39 is 32.9 Å². The first-order valence-electron chi connectivity index (χ1n) is 8.57. The molecule has 10 nitrogen and oxygen atoms in total. The second kappa shape index (κ2) is 8.37. The van der Waals surface area contributed by atoms with Crippen molar-refractivity contribution in [2.45, 2.75) is 23.8 Å². The van der Waals surface area contributed by atoms with Crippen molar-refractivity contribution >= 4 is 33.3 Å². The molecule has 1 unspecified atom stereocenters. The molecule has 0 radical (unpaired) electrons. The van der Waals surface area contributed by atoms with E-state index in [1.54, 1.807) is 6.07 Å². The molecule has 2 N–H and O–H groups in total. The van der Waals surface area contributed by atoms with Crippen molar-refractivity contribution in [2.75, 3.05) is 11.9 Å². The first kappa shape index (κ1) is 20.4. The third kappa shape index (κ3) is 4.95. The number of anilines is 1. The predicted octanol–water partition coefficient (Wildman–Crippen LogP) is 1.37. The van der Waals surface area contributed by atoms with Crippen LogP contribution in [0.25, 0.3) is 0 Å². The fraction of sp³-hybridized carbons (Fsp3) is 0.222. The van der Waals surface area contributed by atoms with E-state index in [0.29, 0.717) is 5.69 Å². The molecule has 152 valence electrons. The van der Waals surface area contributed by atoms with E-state index in [9.17, 15) is 28.1 Å². The van der Waals surface area contributed by atoms with E-state index in [-0.39, 0.29) is 35.6 Å². The van der Waals surface area contributed by atoms with E-state index in [1.165, 1.54) is 42.5 Å². The topological polar surface area (TPSA) is 145 Å². The maximum atomic E-state index is 12.3. The summed E-state index contributed by atoms with van der Waals surface area (Å²) < 4.78 is 31.7. The quantitative estimate of drug-likeness (QED) is 0.392. The van der Waals surface area contributed by atoms with Crippen LogP contribution < -0.4 is 10.0 Å². The highest BCUT2D eigenvalue weighted by Gasteiger charge is 2.31. The number of ether oxygens (including phenoxy) is 1. The van der Waals surface area contributed by atoms with Crippen LogP contribution in [0.15, 0.2) is 53.4 Å². The number of cyclic esters (lactones) is 1. The average Bonchev–Trinajstić information content (AvgIpc) is 3.06. The van der Waals surface area contributed by atoms with Gasteiger partial charge in [0.05, 0.1) is 22.8 Å². The van der Waals surface area contributed by atoms with Crippen LogP contribution in [0, 0.1) is 10.1 Å². The molecule has 1 atom stereocenters. The normalized spacial score (nSPS) is 16.3. The minimum absolute atomic E-state index is 0.0751. The third-order valence-electron chi connectivity index (χ3n) is 4.22. The number of carbonyl (C=O) groups excluding carboxylic acids is 2. The summed E-state index contributed by atoms with van der Waals surface area (Å²) >= 11 is 0. The predicted molar refractivity (Wildman–Crippen MR) is 102 cm³/mol. The highest BCUT2D eigenvalue weighted by Crippen LogP contribution is 2.20. The number of sulfonamides is 1. The molecule has 29 heavy (non-hydrogen) atoms. The van der Waals surface area contributed by atoms with Crippen LogP contribution in [0.4, 0.5) is 11.4 Å². The second-order valence-electron chi connectivity index (χ2n) is 6.27. The zero-order valence-corrected chi connectivity index (χ0v) is 15.8. The Morgan fingerprint density at radius 1 is 1.17 bits per heavy atom. The van der Waals surface area contributed by atoms with Gasteiger partial charge in [-0.1, -0.05) is 18.2 Å². The lowest BCUT2D eigenvalue weighted by molar-refractivity contribution is -0.385. The molecule has 2 aromatic rings. The lowest BCUT2D eigenvalue weighted by Gasteiger charge is -2.11. The highest BCUT2D eigenvalue weighted by atomic mass is 32.2. The molecule has 1 fully saturated rings. The Hall–Kier alpha value is -3.31. The summed E-state index contributed by atoms with van der Waals surface area (Å²) in [4.78, 5) is 34.0. The van der Waals surface area contributed by atoms with Crippen LogP contribution in [-0.2, 0) is 30.8 Å². The molecule has 11 heteroatoms. The zero-order valence-electron chi connectivity index (χ0n) is 15.0. The summed E-state index contributed by atoms with van der Waals surface area (Å²) in [5.41, 5.74) is 0.440. The SMILES string of the molecule is O=C(Cc1ccccc1[N+](=O)[O-])Nc1ccc(S(=O)(=O)NC2CCOC2=O)cc1. The maximum Gasteiger partial charge on any atom is 0.324 e. The fourth-order valence-electron chi connectivity index (χ4n) is 2.79. The van der Waals surface area contributed by atoms with E-state index in [4.69, 9.17) is 4.74 Å². The van der Waals surface area contributed by atoms with Crippen LogP contribution in [0.2, 0.25) is 0 Å². The number of amides is 1. The summed E-state index contributed by atoms with van der Waals surface area (Å²) in [6.45, 7) is 0.163. The Kier molecular flexibility index (Phi) is 5.89. The van der Waals surface area contributed by atoms with Crippen LogP contribution in [0.1, 0.15) is 12.0 Å².